The topological polar surface area (TPSA) is 111 Å². The van der Waals surface area contributed by atoms with Crippen molar-refractivity contribution >= 4 is 34.2 Å². The van der Waals surface area contributed by atoms with Gasteiger partial charge in [-0.3, -0.25) is 24.7 Å². The molecule has 2 aromatic carbocycles. The minimum absolute atomic E-state index is 0.0470. The predicted molar refractivity (Wildman–Crippen MR) is 107 cm³/mol. The highest BCUT2D eigenvalue weighted by molar-refractivity contribution is 5.96. The third kappa shape index (κ3) is 5.13. The Bertz CT molecular complexity index is 1070. The number of esters is 1. The van der Waals surface area contributed by atoms with Crippen LogP contribution in [-0.2, 0) is 20.7 Å². The van der Waals surface area contributed by atoms with Crippen LogP contribution >= 0.6 is 0 Å². The lowest BCUT2D eigenvalue weighted by Gasteiger charge is -2.13. The summed E-state index contributed by atoms with van der Waals surface area (Å²) >= 11 is 0. The summed E-state index contributed by atoms with van der Waals surface area (Å²) in [6, 6.07) is 17.2. The summed E-state index contributed by atoms with van der Waals surface area (Å²) in [5.74, 6) is -1.19. The van der Waals surface area contributed by atoms with E-state index in [0.717, 1.165) is 16.6 Å². The summed E-state index contributed by atoms with van der Waals surface area (Å²) < 4.78 is 5.15. The third-order valence-electron chi connectivity index (χ3n) is 4.28. The highest BCUT2D eigenvalue weighted by atomic mass is 16.6. The largest absolute Gasteiger partial charge is 0.453 e. The fourth-order valence-electron chi connectivity index (χ4n) is 2.76. The highest BCUT2D eigenvalue weighted by Crippen LogP contribution is 2.23. The van der Waals surface area contributed by atoms with Crippen LogP contribution in [0.3, 0.4) is 0 Å². The van der Waals surface area contributed by atoms with Gasteiger partial charge < -0.3 is 10.1 Å². The van der Waals surface area contributed by atoms with Crippen molar-refractivity contribution in [2.24, 2.45) is 0 Å². The second-order valence-corrected chi connectivity index (χ2v) is 6.39. The van der Waals surface area contributed by atoms with Gasteiger partial charge in [0.25, 0.3) is 11.6 Å². The van der Waals surface area contributed by atoms with Crippen molar-refractivity contribution in [3.63, 3.8) is 0 Å². The summed E-state index contributed by atoms with van der Waals surface area (Å²) in [6.07, 6.45) is -0.650. The normalized spacial score (nSPS) is 11.6. The summed E-state index contributed by atoms with van der Waals surface area (Å²) in [4.78, 5) is 39.2. The van der Waals surface area contributed by atoms with Crippen LogP contribution in [0.25, 0.3) is 10.9 Å². The zero-order valence-corrected chi connectivity index (χ0v) is 15.7. The number of fused-ring (bicyclic) bond motifs is 1. The number of rotatable bonds is 7. The molecule has 0 saturated carbocycles. The smallest absolute Gasteiger partial charge is 0.306 e. The quantitative estimate of drug-likeness (QED) is 0.373. The number of ether oxygens (including phenoxy) is 1. The molecule has 1 atom stereocenters. The summed E-state index contributed by atoms with van der Waals surface area (Å²) in [5.41, 5.74) is 1.40. The van der Waals surface area contributed by atoms with Crippen LogP contribution in [-0.4, -0.2) is 27.9 Å². The molecule has 0 saturated heterocycles. The average molecular weight is 393 g/mol. The van der Waals surface area contributed by atoms with E-state index in [1.165, 1.54) is 25.1 Å². The van der Waals surface area contributed by atoms with Crippen molar-refractivity contribution in [2.45, 2.75) is 25.9 Å². The molecule has 1 N–H and O–H groups in total. The number of benzene rings is 2. The Balaban J connectivity index is 1.54. The van der Waals surface area contributed by atoms with Crippen molar-refractivity contribution in [1.29, 1.82) is 0 Å². The molecule has 1 unspecified atom stereocenters. The first kappa shape index (κ1) is 19.9. The fourth-order valence-corrected chi connectivity index (χ4v) is 2.76. The number of aryl methyl sites for hydroxylation is 1. The summed E-state index contributed by atoms with van der Waals surface area (Å²) in [7, 11) is 0. The SMILES string of the molecule is CC(OC(=O)CCc1ccc2ccccc2n1)C(=O)Nc1ccccc1[N+](=O)[O-]. The number of pyridine rings is 1. The molecular weight excluding hydrogens is 374 g/mol. The fraction of sp³-hybridized carbons (Fsp3) is 0.190. The molecule has 0 aliphatic rings. The maximum atomic E-state index is 12.2. The van der Waals surface area contributed by atoms with Crippen molar-refractivity contribution < 1.29 is 19.2 Å². The average Bonchev–Trinajstić information content (AvgIpc) is 2.72. The molecule has 8 nitrogen and oxygen atoms in total. The number of nitro groups is 1. The Hall–Kier alpha value is -3.81. The van der Waals surface area contributed by atoms with Gasteiger partial charge in [-0.2, -0.15) is 0 Å². The Morgan fingerprint density at radius 3 is 2.62 bits per heavy atom. The molecule has 8 heteroatoms. The first-order chi connectivity index (χ1) is 13.9. The van der Waals surface area contributed by atoms with E-state index in [1.807, 2.05) is 36.4 Å². The highest BCUT2D eigenvalue weighted by Gasteiger charge is 2.21. The Labute approximate surface area is 166 Å². The van der Waals surface area contributed by atoms with Crippen molar-refractivity contribution in [1.82, 2.24) is 4.98 Å². The zero-order chi connectivity index (χ0) is 20.8. The lowest BCUT2D eigenvalue weighted by Crippen LogP contribution is -2.30. The standard InChI is InChI=1S/C21H19N3O5/c1-14(21(26)23-18-8-4-5-9-19(18)24(27)28)29-20(25)13-12-16-11-10-15-6-2-3-7-17(15)22-16/h2-11,14H,12-13H2,1H3,(H,23,26). The van der Waals surface area contributed by atoms with Crippen LogP contribution in [0.2, 0.25) is 0 Å². The number of nitrogens with zero attached hydrogens (tertiary/aromatic N) is 2. The van der Waals surface area contributed by atoms with Gasteiger partial charge in [-0.25, -0.2) is 0 Å². The minimum atomic E-state index is -1.09. The number of carbonyl (C=O) groups excluding carboxylic acids is 2. The molecule has 0 aliphatic heterocycles. The lowest BCUT2D eigenvalue weighted by molar-refractivity contribution is -0.383. The number of para-hydroxylation sites is 3. The molecule has 148 valence electrons. The molecule has 3 rings (SSSR count). The first-order valence-electron chi connectivity index (χ1n) is 9.02. The van der Waals surface area contributed by atoms with Crippen molar-refractivity contribution in [3.05, 3.63) is 76.5 Å². The number of carbonyl (C=O) groups is 2. The molecule has 29 heavy (non-hydrogen) atoms. The van der Waals surface area contributed by atoms with Crippen LogP contribution in [0, 0.1) is 10.1 Å². The molecule has 3 aromatic rings. The van der Waals surface area contributed by atoms with Gasteiger partial charge in [0.05, 0.1) is 16.9 Å². The molecule has 1 amide bonds. The maximum Gasteiger partial charge on any atom is 0.306 e. The van der Waals surface area contributed by atoms with Gasteiger partial charge in [0.2, 0.25) is 0 Å². The molecular formula is C21H19N3O5. The van der Waals surface area contributed by atoms with Gasteiger partial charge in [0.15, 0.2) is 6.10 Å². The molecule has 0 spiro atoms. The molecule has 0 bridgehead atoms. The van der Waals surface area contributed by atoms with Gasteiger partial charge in [-0.15, -0.1) is 0 Å². The minimum Gasteiger partial charge on any atom is -0.453 e. The van der Waals surface area contributed by atoms with Crippen LogP contribution in [0.5, 0.6) is 0 Å². The Morgan fingerprint density at radius 1 is 1.10 bits per heavy atom. The molecule has 1 heterocycles. The van der Waals surface area contributed by atoms with Gasteiger partial charge >= 0.3 is 5.97 Å². The van der Waals surface area contributed by atoms with Gasteiger partial charge in [0, 0.05) is 23.6 Å². The summed E-state index contributed by atoms with van der Waals surface area (Å²) in [6.45, 7) is 1.41. The van der Waals surface area contributed by atoms with E-state index >= 15 is 0 Å². The van der Waals surface area contributed by atoms with E-state index in [4.69, 9.17) is 4.74 Å². The molecule has 1 aromatic heterocycles. The predicted octanol–water partition coefficient (Wildman–Crippen LogP) is 3.65. The van der Waals surface area contributed by atoms with Gasteiger partial charge in [-0.1, -0.05) is 36.4 Å². The Morgan fingerprint density at radius 2 is 1.83 bits per heavy atom. The van der Waals surface area contributed by atoms with E-state index in [-0.39, 0.29) is 17.8 Å². The number of amides is 1. The van der Waals surface area contributed by atoms with E-state index in [2.05, 4.69) is 10.3 Å². The van der Waals surface area contributed by atoms with E-state index in [1.54, 1.807) is 6.07 Å². The summed E-state index contributed by atoms with van der Waals surface area (Å²) in [5, 5.41) is 14.4. The Kier molecular flexibility index (Phi) is 6.13. The number of anilines is 1. The second-order valence-electron chi connectivity index (χ2n) is 6.39. The van der Waals surface area contributed by atoms with Crippen molar-refractivity contribution in [2.75, 3.05) is 5.32 Å². The van der Waals surface area contributed by atoms with E-state index in [9.17, 15) is 19.7 Å². The number of aromatic nitrogens is 1. The second kappa shape index (κ2) is 8.92. The molecule has 0 radical (unpaired) electrons. The monoisotopic (exact) mass is 393 g/mol. The van der Waals surface area contributed by atoms with Gasteiger partial charge in [-0.05, 0) is 25.1 Å². The number of nitrogens with one attached hydrogen (secondary N) is 1. The first-order valence-corrected chi connectivity index (χ1v) is 9.02. The van der Waals surface area contributed by atoms with Crippen LogP contribution in [0.4, 0.5) is 11.4 Å². The van der Waals surface area contributed by atoms with E-state index in [0.29, 0.717) is 6.42 Å². The van der Waals surface area contributed by atoms with Crippen LogP contribution in [0.1, 0.15) is 19.0 Å². The number of hydrogen-bond donors (Lipinski definition) is 1. The third-order valence-corrected chi connectivity index (χ3v) is 4.28. The molecule has 0 fully saturated rings. The van der Waals surface area contributed by atoms with Crippen molar-refractivity contribution in [3.8, 4) is 0 Å². The van der Waals surface area contributed by atoms with Crippen LogP contribution in [0.15, 0.2) is 60.7 Å². The number of hydrogen-bond acceptors (Lipinski definition) is 6. The molecule has 0 aliphatic carbocycles. The number of nitro benzene ring substituents is 1. The zero-order valence-electron chi connectivity index (χ0n) is 15.7. The van der Waals surface area contributed by atoms with Gasteiger partial charge in [0.1, 0.15) is 5.69 Å². The van der Waals surface area contributed by atoms with Crippen LogP contribution < -0.4 is 5.32 Å². The van der Waals surface area contributed by atoms with E-state index < -0.39 is 22.9 Å². The lowest BCUT2D eigenvalue weighted by atomic mass is 10.1. The maximum absolute atomic E-state index is 12.2.